The molecule has 0 aliphatic carbocycles. The van der Waals surface area contributed by atoms with Crippen LogP contribution in [0.15, 0.2) is 205 Å². The standard InChI is InChI=1S/C53H33N3O/c1-3-11-34(12-4-1)37-19-24-39(25-20-37)51-54-52(40-26-21-38(22-27-40)35-13-5-2-6-14-35)56-53(55-51)43-29-30-49-47(32-43)48-33-46(44-17-9-10-18-45(44)50(48)57-49)42-28-23-36-15-7-8-16-41(36)31-42/h1-33H. The molecule has 0 aliphatic heterocycles. The van der Waals surface area contributed by atoms with Crippen molar-refractivity contribution < 1.29 is 4.42 Å². The molecule has 0 unspecified atom stereocenters. The Morgan fingerprint density at radius 3 is 1.39 bits per heavy atom. The maximum Gasteiger partial charge on any atom is 0.164 e. The molecule has 0 fully saturated rings. The Kier molecular flexibility index (Phi) is 7.78. The van der Waals surface area contributed by atoms with Gasteiger partial charge in [-0.05, 0) is 79.9 Å². The van der Waals surface area contributed by atoms with Gasteiger partial charge in [0.15, 0.2) is 17.5 Å². The third-order valence-corrected chi connectivity index (χ3v) is 10.9. The Morgan fingerprint density at radius 1 is 0.281 bits per heavy atom. The Morgan fingerprint density at radius 2 is 0.754 bits per heavy atom. The monoisotopic (exact) mass is 727 g/mol. The summed E-state index contributed by atoms with van der Waals surface area (Å²) in [5.41, 5.74) is 11.3. The molecular formula is C53H33N3O. The first-order valence-electron chi connectivity index (χ1n) is 19.2. The van der Waals surface area contributed by atoms with Gasteiger partial charge in [-0.1, -0.05) is 170 Å². The third-order valence-electron chi connectivity index (χ3n) is 10.9. The Hall–Kier alpha value is -7.69. The van der Waals surface area contributed by atoms with Gasteiger partial charge in [0.2, 0.25) is 0 Å². The number of nitrogens with zero attached hydrogens (tertiary/aromatic N) is 3. The summed E-state index contributed by atoms with van der Waals surface area (Å²) in [5, 5.41) is 6.74. The minimum Gasteiger partial charge on any atom is -0.455 e. The molecule has 2 aromatic heterocycles. The molecule has 4 nitrogen and oxygen atoms in total. The molecular weight excluding hydrogens is 695 g/mol. The van der Waals surface area contributed by atoms with Crippen molar-refractivity contribution in [3.63, 3.8) is 0 Å². The number of hydrogen-bond acceptors (Lipinski definition) is 4. The quantitative estimate of drug-likeness (QED) is 0.171. The van der Waals surface area contributed by atoms with Crippen molar-refractivity contribution >= 4 is 43.5 Å². The first kappa shape index (κ1) is 32.7. The second kappa shape index (κ2) is 13.6. The van der Waals surface area contributed by atoms with Crippen LogP contribution in [0, 0.1) is 0 Å². The lowest BCUT2D eigenvalue weighted by Crippen LogP contribution is -2.00. The summed E-state index contributed by atoms with van der Waals surface area (Å²) in [6, 6.07) is 70.0. The van der Waals surface area contributed by atoms with Gasteiger partial charge in [-0.15, -0.1) is 0 Å². The van der Waals surface area contributed by atoms with Crippen LogP contribution in [0.1, 0.15) is 0 Å². The fourth-order valence-electron chi connectivity index (χ4n) is 7.98. The van der Waals surface area contributed by atoms with Crippen molar-refractivity contribution in [3.05, 3.63) is 200 Å². The van der Waals surface area contributed by atoms with E-state index in [0.29, 0.717) is 17.5 Å². The molecule has 0 aliphatic rings. The number of hydrogen-bond donors (Lipinski definition) is 0. The highest BCUT2D eigenvalue weighted by molar-refractivity contribution is 6.19. The number of fused-ring (bicyclic) bond motifs is 6. The van der Waals surface area contributed by atoms with Gasteiger partial charge in [-0.2, -0.15) is 0 Å². The molecule has 0 bridgehead atoms. The summed E-state index contributed by atoms with van der Waals surface area (Å²) in [4.78, 5) is 15.3. The predicted octanol–water partition coefficient (Wildman–Crippen LogP) is 14.1. The van der Waals surface area contributed by atoms with Gasteiger partial charge < -0.3 is 4.42 Å². The molecule has 11 aromatic rings. The van der Waals surface area contributed by atoms with Crippen LogP contribution < -0.4 is 0 Å². The second-order valence-corrected chi connectivity index (χ2v) is 14.4. The molecule has 0 amide bonds. The van der Waals surface area contributed by atoms with Gasteiger partial charge in [-0.3, -0.25) is 0 Å². The fraction of sp³-hybridized carbons (Fsp3) is 0. The lowest BCUT2D eigenvalue weighted by Gasteiger charge is -2.10. The van der Waals surface area contributed by atoms with Crippen molar-refractivity contribution in [2.24, 2.45) is 0 Å². The Bertz CT molecular complexity index is 3160. The zero-order valence-electron chi connectivity index (χ0n) is 30.8. The summed E-state index contributed by atoms with van der Waals surface area (Å²) in [6.07, 6.45) is 0. The van der Waals surface area contributed by atoms with E-state index in [9.17, 15) is 0 Å². The molecule has 0 saturated heterocycles. The third kappa shape index (κ3) is 5.92. The number of benzene rings is 9. The average Bonchev–Trinajstić information content (AvgIpc) is 3.67. The van der Waals surface area contributed by atoms with Crippen LogP contribution in [0.3, 0.4) is 0 Å². The lowest BCUT2D eigenvalue weighted by atomic mass is 9.94. The minimum absolute atomic E-state index is 0.598. The average molecular weight is 728 g/mol. The van der Waals surface area contributed by atoms with Crippen LogP contribution in [0.4, 0.5) is 0 Å². The summed E-state index contributed by atoms with van der Waals surface area (Å²) < 4.78 is 6.65. The van der Waals surface area contributed by atoms with Crippen molar-refractivity contribution in [2.45, 2.75) is 0 Å². The van der Waals surface area contributed by atoms with Gasteiger partial charge in [0.25, 0.3) is 0 Å². The maximum atomic E-state index is 6.65. The van der Waals surface area contributed by atoms with Crippen molar-refractivity contribution in [3.8, 4) is 67.5 Å². The molecule has 0 atom stereocenters. The largest absolute Gasteiger partial charge is 0.455 e. The normalized spacial score (nSPS) is 11.5. The highest BCUT2D eigenvalue weighted by atomic mass is 16.3. The maximum absolute atomic E-state index is 6.65. The summed E-state index contributed by atoms with van der Waals surface area (Å²) in [7, 11) is 0. The van der Waals surface area contributed by atoms with Gasteiger partial charge >= 0.3 is 0 Å². The van der Waals surface area contributed by atoms with Gasteiger partial charge in [0, 0.05) is 32.8 Å². The van der Waals surface area contributed by atoms with Gasteiger partial charge in [0.05, 0.1) is 0 Å². The van der Waals surface area contributed by atoms with Crippen LogP contribution in [-0.4, -0.2) is 15.0 Å². The highest BCUT2D eigenvalue weighted by Gasteiger charge is 2.18. The zero-order valence-corrected chi connectivity index (χ0v) is 30.8. The smallest absolute Gasteiger partial charge is 0.164 e. The first-order chi connectivity index (χ1) is 28.2. The van der Waals surface area contributed by atoms with E-state index in [1.54, 1.807) is 0 Å². The van der Waals surface area contributed by atoms with Crippen LogP contribution in [0.5, 0.6) is 0 Å². The lowest BCUT2D eigenvalue weighted by molar-refractivity contribution is 0.672. The van der Waals surface area contributed by atoms with Crippen molar-refractivity contribution in [1.82, 2.24) is 15.0 Å². The van der Waals surface area contributed by atoms with E-state index in [-0.39, 0.29) is 0 Å². The Balaban J connectivity index is 1.07. The SMILES string of the molecule is c1ccc(-c2ccc(-c3nc(-c4ccc(-c5ccccc5)cc4)nc(-c4ccc5oc6c7ccccc7c(-c7ccc8ccccc8c7)cc6c5c4)n3)cc2)cc1. The molecule has 11 rings (SSSR count). The summed E-state index contributed by atoms with van der Waals surface area (Å²) in [5.74, 6) is 1.83. The first-order valence-corrected chi connectivity index (χ1v) is 19.2. The zero-order chi connectivity index (χ0) is 37.7. The molecule has 4 heteroatoms. The molecule has 0 radical (unpaired) electrons. The molecule has 2 heterocycles. The molecule has 0 saturated carbocycles. The minimum atomic E-state index is 0.598. The van der Waals surface area contributed by atoms with Crippen molar-refractivity contribution in [1.29, 1.82) is 0 Å². The van der Waals surface area contributed by atoms with E-state index in [4.69, 9.17) is 19.4 Å². The molecule has 0 N–H and O–H groups in total. The van der Waals surface area contributed by atoms with E-state index in [1.165, 1.54) is 21.9 Å². The fourth-order valence-corrected chi connectivity index (χ4v) is 7.98. The molecule has 266 valence electrons. The van der Waals surface area contributed by atoms with Gasteiger partial charge in [0.1, 0.15) is 11.2 Å². The highest BCUT2D eigenvalue weighted by Crippen LogP contribution is 2.41. The van der Waals surface area contributed by atoms with E-state index >= 15 is 0 Å². The van der Waals surface area contributed by atoms with Crippen LogP contribution >= 0.6 is 0 Å². The van der Waals surface area contributed by atoms with Gasteiger partial charge in [-0.25, -0.2) is 15.0 Å². The van der Waals surface area contributed by atoms with Crippen LogP contribution in [-0.2, 0) is 0 Å². The molecule has 9 aromatic carbocycles. The Labute approximate surface area is 329 Å². The van der Waals surface area contributed by atoms with Crippen molar-refractivity contribution in [2.75, 3.05) is 0 Å². The number of furan rings is 1. The van der Waals surface area contributed by atoms with E-state index < -0.39 is 0 Å². The summed E-state index contributed by atoms with van der Waals surface area (Å²) in [6.45, 7) is 0. The number of rotatable bonds is 6. The van der Waals surface area contributed by atoms with Crippen LogP contribution in [0.25, 0.3) is 111 Å². The summed E-state index contributed by atoms with van der Waals surface area (Å²) >= 11 is 0. The second-order valence-electron chi connectivity index (χ2n) is 14.4. The van der Waals surface area contributed by atoms with E-state index in [2.05, 4.69) is 182 Å². The predicted molar refractivity (Wildman–Crippen MR) is 235 cm³/mol. The topological polar surface area (TPSA) is 51.8 Å². The number of aromatic nitrogens is 3. The van der Waals surface area contributed by atoms with E-state index in [1.807, 2.05) is 18.2 Å². The van der Waals surface area contributed by atoms with E-state index in [0.717, 1.165) is 71.7 Å². The molecule has 0 spiro atoms. The molecule has 57 heavy (non-hydrogen) atoms. The van der Waals surface area contributed by atoms with Crippen LogP contribution in [0.2, 0.25) is 0 Å².